The number of fused-ring (bicyclic) bond motifs is 3. The standard InChI is InChI=1S/C50H76N2O11/c1-12-32-14-13-15-40(63-42-17-16-39(52(7)8)29(5)59-42)28(4)43(54)36-23-37-34-21-33(62-48-46(58-11)45(57-10)44(56-9)30(6)60-48)22-35(34)47(55)50(51-31-19-26(2)18-27(3)20-31)25-49(37,50)38(36)24-41(53)61-32/h18-20,23,28-30,32-35,37-40,42,44-48,51,55H,12-17,21-22,24-25H2,1-11H3/t28-,29?,30?,32+,33+,34-,35-,37+,38-,39+,40+,42+,44+,45?,46?,47-,48+,49-,50+/m1/s1. The van der Waals surface area contributed by atoms with Crippen molar-refractivity contribution in [1.29, 1.82) is 0 Å². The predicted octanol–water partition coefficient (Wildman–Crippen LogP) is 6.53. The highest BCUT2D eigenvalue weighted by molar-refractivity contribution is 5.99. The first-order chi connectivity index (χ1) is 30.1. The zero-order valence-corrected chi connectivity index (χ0v) is 39.7. The number of hydrogen-bond acceptors (Lipinski definition) is 13. The van der Waals surface area contributed by atoms with Crippen LogP contribution in [0.3, 0.4) is 0 Å². The van der Waals surface area contributed by atoms with Gasteiger partial charge in [-0.25, -0.2) is 0 Å². The van der Waals surface area contributed by atoms with E-state index in [-0.39, 0.29) is 72.6 Å². The lowest BCUT2D eigenvalue weighted by Gasteiger charge is -2.47. The molecule has 1 spiro atoms. The van der Waals surface area contributed by atoms with E-state index in [0.29, 0.717) is 50.1 Å². The van der Waals surface area contributed by atoms with Crippen molar-refractivity contribution in [1.82, 2.24) is 4.90 Å². The zero-order chi connectivity index (χ0) is 45.1. The fourth-order valence-electron chi connectivity index (χ4n) is 13.7. The highest BCUT2D eigenvalue weighted by atomic mass is 16.7. The van der Waals surface area contributed by atoms with E-state index in [1.165, 1.54) is 0 Å². The van der Waals surface area contributed by atoms with Crippen molar-refractivity contribution in [3.8, 4) is 0 Å². The molecule has 63 heavy (non-hydrogen) atoms. The Morgan fingerprint density at radius 2 is 1.56 bits per heavy atom. The number of carbonyl (C=O) groups excluding carboxylic acids is 2. The minimum absolute atomic E-state index is 0.00700. The summed E-state index contributed by atoms with van der Waals surface area (Å²) in [6.45, 7) is 12.3. The van der Waals surface area contributed by atoms with Crippen LogP contribution >= 0.6 is 0 Å². The second-order valence-electron chi connectivity index (χ2n) is 20.6. The Kier molecular flexibility index (Phi) is 13.9. The van der Waals surface area contributed by atoms with Gasteiger partial charge in [-0.15, -0.1) is 0 Å². The number of ether oxygens (including phenoxy) is 8. The number of nitrogens with zero attached hydrogens (tertiary/aromatic N) is 1. The third kappa shape index (κ3) is 8.47. The Labute approximate surface area is 375 Å². The number of benzene rings is 1. The zero-order valence-electron chi connectivity index (χ0n) is 39.7. The molecule has 6 fully saturated rings. The summed E-state index contributed by atoms with van der Waals surface area (Å²) in [6, 6.07) is 6.70. The number of allylic oxidation sites excluding steroid dienone is 2. The van der Waals surface area contributed by atoms with Crippen molar-refractivity contribution < 1.29 is 52.6 Å². The molecule has 3 aliphatic heterocycles. The van der Waals surface area contributed by atoms with Gasteiger partial charge in [0.15, 0.2) is 18.4 Å². The maximum Gasteiger partial charge on any atom is 0.306 e. The molecule has 0 radical (unpaired) electrons. The number of aliphatic hydroxyl groups is 1. The average molecular weight is 881 g/mol. The molecule has 4 aliphatic carbocycles. The summed E-state index contributed by atoms with van der Waals surface area (Å²) in [6.07, 6.45) is 4.33. The van der Waals surface area contributed by atoms with Crippen LogP contribution in [0, 0.1) is 48.9 Å². The Morgan fingerprint density at radius 1 is 0.857 bits per heavy atom. The molecule has 13 heteroatoms. The number of Topliss-reactive ketones (excluding diaryl/α,β-unsaturated/α-hetero) is 1. The molecule has 8 rings (SSSR count). The number of cyclic esters (lactones) is 1. The van der Waals surface area contributed by atoms with Gasteiger partial charge in [0.1, 0.15) is 24.4 Å². The Bertz CT molecular complexity index is 1820. The monoisotopic (exact) mass is 881 g/mol. The number of carbonyl (C=O) groups is 2. The van der Waals surface area contributed by atoms with Crippen molar-refractivity contribution in [2.45, 2.75) is 185 Å². The second-order valence-corrected chi connectivity index (χ2v) is 20.6. The number of aliphatic hydroxyl groups excluding tert-OH is 1. The van der Waals surface area contributed by atoms with Gasteiger partial charge in [0.2, 0.25) is 0 Å². The lowest BCUT2D eigenvalue weighted by molar-refractivity contribution is -0.314. The van der Waals surface area contributed by atoms with Gasteiger partial charge < -0.3 is 53.2 Å². The summed E-state index contributed by atoms with van der Waals surface area (Å²) in [7, 11) is 9.10. The third-order valence-electron chi connectivity index (χ3n) is 16.7. The van der Waals surface area contributed by atoms with Gasteiger partial charge in [0.25, 0.3) is 0 Å². The van der Waals surface area contributed by atoms with Crippen molar-refractivity contribution in [3.63, 3.8) is 0 Å². The number of esters is 1. The molecule has 3 saturated carbocycles. The number of rotatable bonds is 11. The fraction of sp³-hybridized carbons (Fsp3) is 0.800. The van der Waals surface area contributed by atoms with E-state index >= 15 is 4.79 Å². The molecule has 0 bridgehead atoms. The van der Waals surface area contributed by atoms with E-state index in [9.17, 15) is 9.90 Å². The molecule has 19 atom stereocenters. The lowest BCUT2D eigenvalue weighted by Crippen LogP contribution is -2.59. The summed E-state index contributed by atoms with van der Waals surface area (Å²) in [5.74, 6) is -1.46. The van der Waals surface area contributed by atoms with Gasteiger partial charge in [-0.05, 0) is 146 Å². The van der Waals surface area contributed by atoms with Gasteiger partial charge in [0.05, 0.1) is 42.5 Å². The van der Waals surface area contributed by atoms with E-state index in [1.807, 2.05) is 13.8 Å². The first-order valence-electron chi connectivity index (χ1n) is 24.0. The molecular weight excluding hydrogens is 805 g/mol. The van der Waals surface area contributed by atoms with Crippen LogP contribution in [-0.4, -0.2) is 136 Å². The smallest absolute Gasteiger partial charge is 0.306 e. The summed E-state index contributed by atoms with van der Waals surface area (Å²) in [4.78, 5) is 31.8. The maximum absolute atomic E-state index is 15.4. The molecule has 352 valence electrons. The highest BCUT2D eigenvalue weighted by Crippen LogP contribution is 2.79. The summed E-state index contributed by atoms with van der Waals surface area (Å²) < 4.78 is 50.6. The quantitative estimate of drug-likeness (QED) is 0.233. The number of likely N-dealkylation sites (N-methyl/N-ethyl adjacent to an activating group) is 1. The van der Waals surface area contributed by atoms with Crippen LogP contribution in [0.2, 0.25) is 0 Å². The minimum Gasteiger partial charge on any atom is -0.462 e. The van der Waals surface area contributed by atoms with Crippen LogP contribution < -0.4 is 5.32 Å². The number of anilines is 1. The number of hydrogen-bond donors (Lipinski definition) is 2. The van der Waals surface area contributed by atoms with Crippen LogP contribution in [0.15, 0.2) is 29.8 Å². The Balaban J connectivity index is 1.15. The molecule has 3 heterocycles. The maximum atomic E-state index is 15.4. The first kappa shape index (κ1) is 47.0. The largest absolute Gasteiger partial charge is 0.462 e. The van der Waals surface area contributed by atoms with Gasteiger partial charge in [0, 0.05) is 50.3 Å². The Morgan fingerprint density at radius 3 is 2.21 bits per heavy atom. The predicted molar refractivity (Wildman–Crippen MR) is 237 cm³/mol. The topological polar surface area (TPSA) is 143 Å². The highest BCUT2D eigenvalue weighted by Gasteiger charge is 2.83. The normalized spacial score (nSPS) is 45.2. The molecule has 1 aromatic carbocycles. The molecule has 4 unspecified atom stereocenters. The third-order valence-corrected chi connectivity index (χ3v) is 16.7. The number of methoxy groups -OCH3 is 3. The van der Waals surface area contributed by atoms with Crippen molar-refractivity contribution in [2.24, 2.45) is 35.0 Å². The summed E-state index contributed by atoms with van der Waals surface area (Å²) >= 11 is 0. The first-order valence-corrected chi connectivity index (χ1v) is 24.0. The SMILES string of the molecule is CC[C@H]1CCC[C@H](O[C@H]2CC[C@H](N(C)C)C(C)O2)[C@@H](C)C(=O)C2=C[C@H]3[C@@H]4C[C@H](O[C@@H]5OC(C)[C@H](OC)C(OC)C5OC)C[C@H]4[C@@H](O)[C@@]4(Nc5cc(C)cc(C)c5)C[C@]34[C@@H]2CC(=O)O1. The van der Waals surface area contributed by atoms with E-state index in [1.54, 1.807) is 21.3 Å². The summed E-state index contributed by atoms with van der Waals surface area (Å²) in [5.41, 5.74) is 2.42. The number of nitrogens with one attached hydrogen (secondary N) is 1. The molecule has 0 aromatic heterocycles. The molecule has 7 aliphatic rings. The van der Waals surface area contributed by atoms with Crippen LogP contribution in [0.25, 0.3) is 0 Å². The second kappa shape index (κ2) is 18.7. The molecule has 3 saturated heterocycles. The summed E-state index contributed by atoms with van der Waals surface area (Å²) in [5, 5.41) is 16.9. The van der Waals surface area contributed by atoms with Crippen molar-refractivity contribution in [3.05, 3.63) is 41.0 Å². The lowest BCUT2D eigenvalue weighted by atomic mass is 9.62. The van der Waals surface area contributed by atoms with E-state index < -0.39 is 53.7 Å². The van der Waals surface area contributed by atoms with Crippen LogP contribution in [0.5, 0.6) is 0 Å². The molecular formula is C50H76N2O11. The fourth-order valence-corrected chi connectivity index (χ4v) is 13.7. The molecule has 13 nitrogen and oxygen atoms in total. The minimum atomic E-state index is -0.801. The molecule has 1 aromatic rings. The van der Waals surface area contributed by atoms with Crippen LogP contribution in [0.1, 0.15) is 103 Å². The van der Waals surface area contributed by atoms with E-state index in [4.69, 9.17) is 37.9 Å². The van der Waals surface area contributed by atoms with E-state index in [2.05, 4.69) is 76.3 Å². The van der Waals surface area contributed by atoms with Gasteiger partial charge >= 0.3 is 5.97 Å². The number of ketones is 1. The molecule has 0 amide bonds. The van der Waals surface area contributed by atoms with Gasteiger partial charge in [-0.1, -0.05) is 26.0 Å². The Hall–Kier alpha value is -2.46. The number of aryl methyl sites for hydroxylation is 2. The molecule has 2 N–H and O–H groups in total. The van der Waals surface area contributed by atoms with E-state index in [0.717, 1.165) is 36.1 Å². The van der Waals surface area contributed by atoms with Gasteiger partial charge in [-0.3, -0.25) is 9.59 Å². The average Bonchev–Trinajstić information content (AvgIpc) is 3.55. The van der Waals surface area contributed by atoms with Crippen molar-refractivity contribution >= 4 is 17.4 Å². The van der Waals surface area contributed by atoms with Gasteiger partial charge in [-0.2, -0.15) is 0 Å². The van der Waals surface area contributed by atoms with Crippen LogP contribution in [0.4, 0.5) is 5.69 Å². The van der Waals surface area contributed by atoms with Crippen LogP contribution in [-0.2, 0) is 47.5 Å². The van der Waals surface area contributed by atoms with Crippen molar-refractivity contribution in [2.75, 3.05) is 40.7 Å².